The SMILES string of the molecule is CCOc1cc2c(c(F)c1OCC)C(=N)N(CC(=O)c1cc(NCCCO)c(OC)c(C(C)(C)C)c1)C2.Cl.Cl. The Kier molecular flexibility index (Phi) is 12.8. The number of anilines is 1. The molecule has 2 aromatic rings. The highest BCUT2D eigenvalue weighted by atomic mass is 35.5. The number of hydrogen-bond donors (Lipinski definition) is 3. The molecule has 8 nitrogen and oxygen atoms in total. The number of benzene rings is 2. The highest BCUT2D eigenvalue weighted by Crippen LogP contribution is 2.40. The van der Waals surface area contributed by atoms with Gasteiger partial charge >= 0.3 is 0 Å². The van der Waals surface area contributed by atoms with Crippen molar-refractivity contribution < 1.29 is 28.5 Å². The summed E-state index contributed by atoms with van der Waals surface area (Å²) in [6, 6.07) is 5.26. The first-order valence-electron chi connectivity index (χ1n) is 12.6. The average Bonchev–Trinajstić information content (AvgIpc) is 3.15. The molecule has 0 spiro atoms. The van der Waals surface area contributed by atoms with E-state index in [-0.39, 0.29) is 79.5 Å². The van der Waals surface area contributed by atoms with E-state index < -0.39 is 5.82 Å². The normalized spacial score (nSPS) is 12.3. The van der Waals surface area contributed by atoms with Crippen molar-refractivity contribution in [2.75, 3.05) is 45.3 Å². The zero-order valence-electron chi connectivity index (χ0n) is 23.4. The lowest BCUT2D eigenvalue weighted by atomic mass is 9.84. The van der Waals surface area contributed by atoms with E-state index in [4.69, 9.17) is 19.6 Å². The van der Waals surface area contributed by atoms with Crippen molar-refractivity contribution in [2.24, 2.45) is 0 Å². The molecule has 39 heavy (non-hydrogen) atoms. The van der Waals surface area contributed by atoms with E-state index in [0.717, 1.165) is 5.56 Å². The van der Waals surface area contributed by atoms with Crippen molar-refractivity contribution in [3.8, 4) is 17.2 Å². The van der Waals surface area contributed by atoms with Crippen LogP contribution in [0, 0.1) is 11.2 Å². The fraction of sp³-hybridized carbons (Fsp3) is 0.500. The standard InChI is InChI=1S/C28H38FN3O5.2ClH/c1-7-36-22-14-18-15-32(27(30)23(18)24(29)26(22)37-8-2)16-21(34)17-12-19(28(3,4)5)25(35-6)20(13-17)31-10-9-11-33;;/h12-14,30-31,33H,7-11,15-16H2,1-6H3;2*1H. The van der Waals surface area contributed by atoms with Crippen LogP contribution in [-0.2, 0) is 12.0 Å². The molecular formula is C28H40Cl2FN3O5. The number of ketones is 1. The van der Waals surface area contributed by atoms with E-state index in [0.29, 0.717) is 47.9 Å². The van der Waals surface area contributed by atoms with Crippen LogP contribution in [0.15, 0.2) is 18.2 Å². The Labute approximate surface area is 242 Å². The van der Waals surface area contributed by atoms with Gasteiger partial charge in [-0.2, -0.15) is 0 Å². The van der Waals surface area contributed by atoms with Crippen molar-refractivity contribution in [2.45, 2.75) is 53.0 Å². The Balaban J connectivity index is 0.00000380. The summed E-state index contributed by atoms with van der Waals surface area (Å²) in [5, 5.41) is 21.1. The van der Waals surface area contributed by atoms with Gasteiger partial charge in [-0.25, -0.2) is 4.39 Å². The maximum absolute atomic E-state index is 15.4. The first kappa shape index (κ1) is 34.3. The number of ether oxygens (including phenoxy) is 3. The number of nitrogens with one attached hydrogen (secondary N) is 2. The molecule has 0 saturated heterocycles. The Bertz CT molecular complexity index is 1170. The van der Waals surface area contributed by atoms with Gasteiger partial charge in [0.05, 0.1) is 38.1 Å². The van der Waals surface area contributed by atoms with E-state index in [1.165, 1.54) is 0 Å². The highest BCUT2D eigenvalue weighted by Gasteiger charge is 2.33. The summed E-state index contributed by atoms with van der Waals surface area (Å²) in [4.78, 5) is 15.0. The summed E-state index contributed by atoms with van der Waals surface area (Å²) >= 11 is 0. The van der Waals surface area contributed by atoms with Gasteiger partial charge in [-0.1, -0.05) is 20.8 Å². The largest absolute Gasteiger partial charge is 0.494 e. The number of methoxy groups -OCH3 is 1. The molecule has 1 heterocycles. The first-order valence-corrected chi connectivity index (χ1v) is 12.6. The van der Waals surface area contributed by atoms with Gasteiger partial charge < -0.3 is 29.5 Å². The number of aliphatic hydroxyl groups excluding tert-OH is 1. The Hall–Kier alpha value is -2.75. The lowest BCUT2D eigenvalue weighted by molar-refractivity contribution is 0.0962. The summed E-state index contributed by atoms with van der Waals surface area (Å²) in [6.45, 7) is 11.0. The zero-order chi connectivity index (χ0) is 27.3. The summed E-state index contributed by atoms with van der Waals surface area (Å²) in [5.41, 5.74) is 2.41. The van der Waals surface area contributed by atoms with Crippen LogP contribution in [0.2, 0.25) is 0 Å². The van der Waals surface area contributed by atoms with E-state index >= 15 is 4.39 Å². The van der Waals surface area contributed by atoms with E-state index in [1.54, 1.807) is 31.1 Å². The van der Waals surface area contributed by atoms with Gasteiger partial charge in [0.2, 0.25) is 0 Å². The maximum Gasteiger partial charge on any atom is 0.197 e. The Morgan fingerprint density at radius 1 is 1.13 bits per heavy atom. The molecule has 0 fully saturated rings. The van der Waals surface area contributed by atoms with Gasteiger partial charge in [0.25, 0.3) is 0 Å². The quantitative estimate of drug-likeness (QED) is 0.219. The predicted octanol–water partition coefficient (Wildman–Crippen LogP) is 5.59. The first-order chi connectivity index (χ1) is 17.6. The molecule has 0 aromatic heterocycles. The third-order valence-electron chi connectivity index (χ3n) is 6.18. The average molecular weight is 589 g/mol. The molecule has 0 aliphatic carbocycles. The number of carbonyl (C=O) groups excluding carboxylic acids is 1. The van der Waals surface area contributed by atoms with Crippen molar-refractivity contribution >= 4 is 42.1 Å². The minimum absolute atomic E-state index is 0. The number of fused-ring (bicyclic) bond motifs is 1. The number of halogens is 3. The van der Waals surface area contributed by atoms with Gasteiger partial charge in [0.15, 0.2) is 23.1 Å². The summed E-state index contributed by atoms with van der Waals surface area (Å²) in [5.74, 6) is 0.0340. The van der Waals surface area contributed by atoms with Crippen LogP contribution in [0.4, 0.5) is 10.1 Å². The van der Waals surface area contributed by atoms with Crippen LogP contribution in [-0.4, -0.2) is 61.6 Å². The Morgan fingerprint density at radius 3 is 2.36 bits per heavy atom. The van der Waals surface area contributed by atoms with Gasteiger partial charge in [-0.3, -0.25) is 10.2 Å². The second-order valence-corrected chi connectivity index (χ2v) is 9.90. The van der Waals surface area contributed by atoms with E-state index in [1.807, 2.05) is 33.8 Å². The Morgan fingerprint density at radius 2 is 1.79 bits per heavy atom. The topological polar surface area (TPSA) is 104 Å². The molecule has 1 aliphatic rings. The van der Waals surface area contributed by atoms with Crippen LogP contribution in [0.25, 0.3) is 0 Å². The van der Waals surface area contributed by atoms with Gasteiger partial charge in [0.1, 0.15) is 11.6 Å². The number of nitrogens with zero attached hydrogens (tertiary/aromatic N) is 1. The highest BCUT2D eigenvalue weighted by molar-refractivity contribution is 6.06. The summed E-state index contributed by atoms with van der Waals surface area (Å²) in [6.07, 6.45) is 0.550. The smallest absolute Gasteiger partial charge is 0.197 e. The molecule has 0 atom stereocenters. The third-order valence-corrected chi connectivity index (χ3v) is 6.18. The van der Waals surface area contributed by atoms with Crippen LogP contribution < -0.4 is 19.5 Å². The van der Waals surface area contributed by atoms with E-state index in [9.17, 15) is 9.90 Å². The van der Waals surface area contributed by atoms with Crippen molar-refractivity contribution in [3.05, 3.63) is 46.3 Å². The van der Waals surface area contributed by atoms with Gasteiger partial charge in [-0.15, -0.1) is 24.8 Å². The van der Waals surface area contributed by atoms with Crippen LogP contribution >= 0.6 is 24.8 Å². The number of aliphatic hydroxyl groups is 1. The van der Waals surface area contributed by atoms with Gasteiger partial charge in [0, 0.05) is 30.8 Å². The van der Waals surface area contributed by atoms with Crippen molar-refractivity contribution in [3.63, 3.8) is 0 Å². The van der Waals surface area contributed by atoms with Crippen LogP contribution in [0.5, 0.6) is 17.2 Å². The lowest BCUT2D eigenvalue weighted by Crippen LogP contribution is -2.30. The minimum Gasteiger partial charge on any atom is -0.494 e. The fourth-order valence-electron chi connectivity index (χ4n) is 4.42. The molecule has 0 bridgehead atoms. The molecule has 0 radical (unpaired) electrons. The fourth-order valence-corrected chi connectivity index (χ4v) is 4.42. The van der Waals surface area contributed by atoms with Gasteiger partial charge in [-0.05, 0) is 49.4 Å². The maximum atomic E-state index is 15.4. The molecule has 0 saturated carbocycles. The summed E-state index contributed by atoms with van der Waals surface area (Å²) in [7, 11) is 1.59. The molecule has 3 N–H and O–H groups in total. The molecule has 3 rings (SSSR count). The third kappa shape index (κ3) is 7.47. The molecule has 1 aliphatic heterocycles. The van der Waals surface area contributed by atoms with Crippen LogP contribution in [0.3, 0.4) is 0 Å². The molecule has 11 heteroatoms. The number of carbonyl (C=O) groups is 1. The van der Waals surface area contributed by atoms with Crippen molar-refractivity contribution in [1.82, 2.24) is 4.90 Å². The summed E-state index contributed by atoms with van der Waals surface area (Å²) < 4.78 is 32.2. The zero-order valence-corrected chi connectivity index (χ0v) is 25.0. The second kappa shape index (κ2) is 14.6. The minimum atomic E-state index is -0.641. The van der Waals surface area contributed by atoms with E-state index in [2.05, 4.69) is 5.32 Å². The molecule has 218 valence electrons. The molecular weight excluding hydrogens is 548 g/mol. The number of Topliss-reactive ketones (excluding diaryl/α,β-unsaturated/α-hetero) is 1. The number of rotatable bonds is 12. The monoisotopic (exact) mass is 587 g/mol. The molecule has 0 unspecified atom stereocenters. The van der Waals surface area contributed by atoms with Crippen LogP contribution in [0.1, 0.15) is 68.1 Å². The second-order valence-electron chi connectivity index (χ2n) is 9.90. The number of hydrogen-bond acceptors (Lipinski definition) is 7. The lowest BCUT2D eigenvalue weighted by Gasteiger charge is -2.26. The molecule has 2 aromatic carbocycles. The van der Waals surface area contributed by atoms with Crippen molar-refractivity contribution in [1.29, 1.82) is 5.41 Å². The predicted molar refractivity (Wildman–Crippen MR) is 157 cm³/mol. The molecule has 0 amide bonds. The number of amidine groups is 1.